The van der Waals surface area contributed by atoms with E-state index in [0.717, 1.165) is 11.3 Å². The van der Waals surface area contributed by atoms with E-state index < -0.39 is 0 Å². The van der Waals surface area contributed by atoms with Crippen LogP contribution < -0.4 is 5.32 Å². The molecule has 6 nitrogen and oxygen atoms in total. The maximum Gasteiger partial charge on any atom is 0.234 e. The van der Waals surface area contributed by atoms with E-state index in [2.05, 4.69) is 20.5 Å². The van der Waals surface area contributed by atoms with Crippen LogP contribution in [0.4, 0.5) is 5.69 Å². The van der Waals surface area contributed by atoms with Crippen molar-refractivity contribution in [1.82, 2.24) is 19.7 Å². The topological polar surface area (TPSA) is 72.7 Å². The standard InChI is InChI=1S/C21H14Cl3N5OS/c22-14-1-3-15(4-2-14)26-19(30)12-31-21-28-27-20(13-7-9-25-10-8-13)29(21)16-5-6-17(23)18(24)11-16/h1-11H,12H2,(H,26,30). The molecular weight excluding hydrogens is 477 g/mol. The quantitative estimate of drug-likeness (QED) is 0.335. The number of thioether (sulfide) groups is 1. The van der Waals surface area contributed by atoms with E-state index in [1.54, 1.807) is 48.8 Å². The first-order chi connectivity index (χ1) is 15.0. The molecule has 0 unspecified atom stereocenters. The summed E-state index contributed by atoms with van der Waals surface area (Å²) in [7, 11) is 0. The molecule has 1 N–H and O–H groups in total. The molecule has 2 aromatic carbocycles. The van der Waals surface area contributed by atoms with Crippen molar-refractivity contribution in [2.75, 3.05) is 11.1 Å². The Kier molecular flexibility index (Phi) is 6.77. The minimum Gasteiger partial charge on any atom is -0.325 e. The summed E-state index contributed by atoms with van der Waals surface area (Å²) in [5.74, 6) is 0.557. The van der Waals surface area contributed by atoms with Crippen LogP contribution in [0.1, 0.15) is 0 Å². The molecule has 0 saturated heterocycles. The summed E-state index contributed by atoms with van der Waals surface area (Å²) in [5, 5.41) is 13.4. The third-order valence-electron chi connectivity index (χ3n) is 4.19. The molecule has 4 rings (SSSR count). The lowest BCUT2D eigenvalue weighted by molar-refractivity contribution is -0.113. The molecule has 31 heavy (non-hydrogen) atoms. The molecule has 1 amide bonds. The molecule has 0 fully saturated rings. The Hall–Kier alpha value is -2.58. The van der Waals surface area contributed by atoms with Gasteiger partial charge >= 0.3 is 0 Å². The molecule has 0 bridgehead atoms. The van der Waals surface area contributed by atoms with E-state index in [1.807, 2.05) is 22.8 Å². The molecule has 0 aliphatic carbocycles. The average molecular weight is 491 g/mol. The number of amides is 1. The Labute approximate surface area is 197 Å². The molecule has 0 saturated carbocycles. The number of pyridine rings is 1. The van der Waals surface area contributed by atoms with Crippen molar-refractivity contribution in [3.05, 3.63) is 82.1 Å². The van der Waals surface area contributed by atoms with Crippen LogP contribution in [-0.4, -0.2) is 31.4 Å². The van der Waals surface area contributed by atoms with Crippen LogP contribution in [0.15, 0.2) is 72.1 Å². The molecule has 0 atom stereocenters. The van der Waals surface area contributed by atoms with Gasteiger partial charge in [0.15, 0.2) is 11.0 Å². The summed E-state index contributed by atoms with van der Waals surface area (Å²) in [6.45, 7) is 0. The van der Waals surface area contributed by atoms with Crippen LogP contribution in [0.5, 0.6) is 0 Å². The highest BCUT2D eigenvalue weighted by atomic mass is 35.5. The lowest BCUT2D eigenvalue weighted by atomic mass is 10.2. The summed E-state index contributed by atoms with van der Waals surface area (Å²) in [5.41, 5.74) is 2.22. The van der Waals surface area contributed by atoms with Crippen LogP contribution in [-0.2, 0) is 4.79 Å². The first kappa shape index (κ1) is 21.6. The number of aromatic nitrogens is 4. The number of benzene rings is 2. The number of anilines is 1. The van der Waals surface area contributed by atoms with Crippen LogP contribution in [0, 0.1) is 0 Å². The minimum absolute atomic E-state index is 0.137. The summed E-state index contributed by atoms with van der Waals surface area (Å²) in [6, 6.07) is 15.8. The van der Waals surface area contributed by atoms with Crippen molar-refractivity contribution in [2.24, 2.45) is 0 Å². The summed E-state index contributed by atoms with van der Waals surface area (Å²) >= 11 is 19.5. The summed E-state index contributed by atoms with van der Waals surface area (Å²) in [6.07, 6.45) is 3.35. The van der Waals surface area contributed by atoms with Gasteiger partial charge in [-0.05, 0) is 54.6 Å². The third kappa shape index (κ3) is 5.19. The zero-order valence-corrected chi connectivity index (χ0v) is 18.9. The second-order valence-corrected chi connectivity index (χ2v) is 8.51. The van der Waals surface area contributed by atoms with Gasteiger partial charge in [0.25, 0.3) is 0 Å². The Morgan fingerprint density at radius 1 is 0.935 bits per heavy atom. The minimum atomic E-state index is -0.179. The van der Waals surface area contributed by atoms with E-state index in [0.29, 0.717) is 31.7 Å². The second kappa shape index (κ2) is 9.70. The Morgan fingerprint density at radius 2 is 1.68 bits per heavy atom. The predicted octanol–water partition coefficient (Wildman–Crippen LogP) is 6.02. The molecule has 0 radical (unpaired) electrons. The third-order valence-corrected chi connectivity index (χ3v) is 6.11. The number of hydrogen-bond donors (Lipinski definition) is 1. The highest BCUT2D eigenvalue weighted by molar-refractivity contribution is 7.99. The Morgan fingerprint density at radius 3 is 2.39 bits per heavy atom. The molecule has 10 heteroatoms. The van der Waals surface area contributed by atoms with Crippen molar-refractivity contribution >= 4 is 58.2 Å². The molecule has 0 spiro atoms. The van der Waals surface area contributed by atoms with Crippen LogP contribution >= 0.6 is 46.6 Å². The van der Waals surface area contributed by atoms with E-state index in [-0.39, 0.29) is 11.7 Å². The van der Waals surface area contributed by atoms with Gasteiger partial charge < -0.3 is 5.32 Å². The molecule has 156 valence electrons. The van der Waals surface area contributed by atoms with Crippen molar-refractivity contribution in [2.45, 2.75) is 5.16 Å². The van der Waals surface area contributed by atoms with E-state index in [1.165, 1.54) is 11.8 Å². The number of halogens is 3. The van der Waals surface area contributed by atoms with Crippen molar-refractivity contribution in [3.8, 4) is 17.1 Å². The molecule has 0 aliphatic heterocycles. The van der Waals surface area contributed by atoms with E-state index in [4.69, 9.17) is 34.8 Å². The largest absolute Gasteiger partial charge is 0.325 e. The fourth-order valence-electron chi connectivity index (χ4n) is 2.77. The number of nitrogens with zero attached hydrogens (tertiary/aromatic N) is 4. The number of carbonyl (C=O) groups excluding carboxylic acids is 1. The molecule has 2 aromatic heterocycles. The lowest BCUT2D eigenvalue weighted by Gasteiger charge is -2.11. The average Bonchev–Trinajstić information content (AvgIpc) is 3.20. The SMILES string of the molecule is O=C(CSc1nnc(-c2ccncc2)n1-c1ccc(Cl)c(Cl)c1)Nc1ccc(Cl)cc1. The lowest BCUT2D eigenvalue weighted by Crippen LogP contribution is -2.14. The number of hydrogen-bond acceptors (Lipinski definition) is 5. The number of rotatable bonds is 6. The maximum absolute atomic E-state index is 12.4. The smallest absolute Gasteiger partial charge is 0.234 e. The van der Waals surface area contributed by atoms with Crippen molar-refractivity contribution in [1.29, 1.82) is 0 Å². The fourth-order valence-corrected chi connectivity index (χ4v) is 3.94. The highest BCUT2D eigenvalue weighted by Gasteiger charge is 2.18. The summed E-state index contributed by atoms with van der Waals surface area (Å²) < 4.78 is 1.83. The Balaban J connectivity index is 1.61. The predicted molar refractivity (Wildman–Crippen MR) is 125 cm³/mol. The first-order valence-electron chi connectivity index (χ1n) is 9.01. The number of nitrogens with one attached hydrogen (secondary N) is 1. The second-order valence-electron chi connectivity index (χ2n) is 6.32. The molecule has 2 heterocycles. The Bertz CT molecular complexity index is 1220. The monoisotopic (exact) mass is 489 g/mol. The van der Waals surface area contributed by atoms with Crippen molar-refractivity contribution in [3.63, 3.8) is 0 Å². The van der Waals surface area contributed by atoms with Gasteiger partial charge in [-0.15, -0.1) is 10.2 Å². The fraction of sp³-hybridized carbons (Fsp3) is 0.0476. The van der Waals surface area contributed by atoms with Gasteiger partial charge in [0.2, 0.25) is 5.91 Å². The van der Waals surface area contributed by atoms with Crippen LogP contribution in [0.3, 0.4) is 0 Å². The van der Waals surface area contributed by atoms with Gasteiger partial charge in [-0.1, -0.05) is 46.6 Å². The normalized spacial score (nSPS) is 10.8. The molecule has 0 aliphatic rings. The van der Waals surface area contributed by atoms with E-state index in [9.17, 15) is 4.79 Å². The van der Waals surface area contributed by atoms with Gasteiger partial charge in [-0.3, -0.25) is 14.3 Å². The zero-order valence-electron chi connectivity index (χ0n) is 15.8. The highest BCUT2D eigenvalue weighted by Crippen LogP contribution is 2.31. The van der Waals surface area contributed by atoms with Crippen LogP contribution in [0.25, 0.3) is 17.1 Å². The molecule has 4 aromatic rings. The van der Waals surface area contributed by atoms with Gasteiger partial charge in [0.05, 0.1) is 21.5 Å². The van der Waals surface area contributed by atoms with Gasteiger partial charge in [-0.2, -0.15) is 0 Å². The van der Waals surface area contributed by atoms with Gasteiger partial charge in [0, 0.05) is 28.7 Å². The zero-order chi connectivity index (χ0) is 21.8. The van der Waals surface area contributed by atoms with Gasteiger partial charge in [0.1, 0.15) is 0 Å². The number of carbonyl (C=O) groups is 1. The van der Waals surface area contributed by atoms with Crippen LogP contribution in [0.2, 0.25) is 15.1 Å². The van der Waals surface area contributed by atoms with E-state index >= 15 is 0 Å². The first-order valence-corrected chi connectivity index (χ1v) is 11.1. The van der Waals surface area contributed by atoms with Crippen molar-refractivity contribution < 1.29 is 4.79 Å². The molecular formula is C21H14Cl3N5OS. The van der Waals surface area contributed by atoms with Gasteiger partial charge in [-0.25, -0.2) is 0 Å². The summed E-state index contributed by atoms with van der Waals surface area (Å²) in [4.78, 5) is 16.5. The maximum atomic E-state index is 12.4.